The number of fused-ring (bicyclic) bond motifs is 5. The van der Waals surface area contributed by atoms with Gasteiger partial charge >= 0.3 is 5.97 Å². The SMILES string of the molecule is C[C@H](CCC(=O)OC(C)(C)C)[C@H]1CC[C@H]2[C@@H]3CCC4C[C@H](O)CC[C@]4(C)[C@H]3CC[C@]12C. The van der Waals surface area contributed by atoms with E-state index in [0.29, 0.717) is 23.2 Å². The lowest BCUT2D eigenvalue weighted by Gasteiger charge is -2.61. The lowest BCUT2D eigenvalue weighted by atomic mass is 9.44. The van der Waals surface area contributed by atoms with Crippen LogP contribution < -0.4 is 0 Å². The monoisotopic (exact) mass is 432 g/mol. The summed E-state index contributed by atoms with van der Waals surface area (Å²) in [5, 5.41) is 10.3. The molecule has 4 fully saturated rings. The van der Waals surface area contributed by atoms with Crippen LogP contribution >= 0.6 is 0 Å². The Labute approximate surface area is 191 Å². The predicted octanol–water partition coefficient (Wildman–Crippen LogP) is 6.76. The predicted molar refractivity (Wildman–Crippen MR) is 125 cm³/mol. The highest BCUT2D eigenvalue weighted by molar-refractivity contribution is 5.69. The fourth-order valence-corrected chi connectivity index (χ4v) is 9.15. The van der Waals surface area contributed by atoms with Crippen LogP contribution in [0.4, 0.5) is 0 Å². The fraction of sp³-hybridized carbons (Fsp3) is 0.964. The molecule has 0 saturated heterocycles. The molecule has 0 aromatic rings. The van der Waals surface area contributed by atoms with E-state index >= 15 is 0 Å². The highest BCUT2D eigenvalue weighted by Crippen LogP contribution is 2.68. The summed E-state index contributed by atoms with van der Waals surface area (Å²) < 4.78 is 5.57. The summed E-state index contributed by atoms with van der Waals surface area (Å²) in [6.07, 6.45) is 13.0. The highest BCUT2D eigenvalue weighted by atomic mass is 16.6. The van der Waals surface area contributed by atoms with E-state index in [2.05, 4.69) is 20.8 Å². The van der Waals surface area contributed by atoms with E-state index in [1.165, 1.54) is 44.9 Å². The van der Waals surface area contributed by atoms with Gasteiger partial charge < -0.3 is 9.84 Å². The van der Waals surface area contributed by atoms with Crippen molar-refractivity contribution in [3.8, 4) is 0 Å². The molecular formula is C28H48O3. The summed E-state index contributed by atoms with van der Waals surface area (Å²) in [6.45, 7) is 13.5. The molecular weight excluding hydrogens is 384 g/mol. The lowest BCUT2D eigenvalue weighted by Crippen LogP contribution is -2.54. The van der Waals surface area contributed by atoms with Crippen LogP contribution in [-0.4, -0.2) is 22.8 Å². The second kappa shape index (κ2) is 8.33. The van der Waals surface area contributed by atoms with Crippen molar-refractivity contribution in [2.24, 2.45) is 46.3 Å². The highest BCUT2D eigenvalue weighted by Gasteiger charge is 2.60. The van der Waals surface area contributed by atoms with E-state index in [4.69, 9.17) is 4.74 Å². The van der Waals surface area contributed by atoms with Gasteiger partial charge in [0.25, 0.3) is 0 Å². The van der Waals surface area contributed by atoms with Gasteiger partial charge in [-0.25, -0.2) is 0 Å². The molecule has 178 valence electrons. The van der Waals surface area contributed by atoms with E-state index < -0.39 is 0 Å². The molecule has 4 saturated carbocycles. The average molecular weight is 433 g/mol. The summed E-state index contributed by atoms with van der Waals surface area (Å²) in [4.78, 5) is 12.3. The quantitative estimate of drug-likeness (QED) is 0.499. The van der Waals surface area contributed by atoms with Crippen molar-refractivity contribution in [3.05, 3.63) is 0 Å². The van der Waals surface area contributed by atoms with Gasteiger partial charge in [-0.1, -0.05) is 20.8 Å². The molecule has 0 heterocycles. The van der Waals surface area contributed by atoms with Crippen molar-refractivity contribution in [3.63, 3.8) is 0 Å². The largest absolute Gasteiger partial charge is 0.460 e. The molecule has 1 unspecified atom stereocenters. The Kier molecular flexibility index (Phi) is 6.34. The van der Waals surface area contributed by atoms with Crippen LogP contribution in [0.15, 0.2) is 0 Å². The summed E-state index contributed by atoms with van der Waals surface area (Å²) in [5.74, 6) is 4.67. The molecule has 0 radical (unpaired) electrons. The van der Waals surface area contributed by atoms with Gasteiger partial charge in [-0.05, 0) is 131 Å². The van der Waals surface area contributed by atoms with Crippen LogP contribution in [0.1, 0.15) is 112 Å². The third-order valence-corrected chi connectivity index (χ3v) is 10.6. The van der Waals surface area contributed by atoms with Crippen molar-refractivity contribution < 1.29 is 14.6 Å². The molecule has 1 N–H and O–H groups in total. The zero-order valence-corrected chi connectivity index (χ0v) is 21.1. The maximum absolute atomic E-state index is 12.3. The number of aliphatic hydroxyl groups is 1. The van der Waals surface area contributed by atoms with Gasteiger partial charge in [0.2, 0.25) is 0 Å². The minimum atomic E-state index is -0.382. The summed E-state index contributed by atoms with van der Waals surface area (Å²) in [6, 6.07) is 0. The van der Waals surface area contributed by atoms with Crippen molar-refractivity contribution in [1.82, 2.24) is 0 Å². The number of ether oxygens (including phenoxy) is 1. The zero-order chi connectivity index (χ0) is 22.6. The number of carbonyl (C=O) groups excluding carboxylic acids is 1. The number of rotatable bonds is 4. The Morgan fingerprint density at radius 3 is 2.39 bits per heavy atom. The molecule has 0 amide bonds. The Morgan fingerprint density at radius 1 is 1.00 bits per heavy atom. The van der Waals surface area contributed by atoms with Crippen LogP contribution in [-0.2, 0) is 9.53 Å². The molecule has 4 aliphatic rings. The van der Waals surface area contributed by atoms with Crippen molar-refractivity contribution in [1.29, 1.82) is 0 Å². The smallest absolute Gasteiger partial charge is 0.306 e. The Morgan fingerprint density at radius 2 is 1.68 bits per heavy atom. The molecule has 0 aromatic carbocycles. The van der Waals surface area contributed by atoms with Gasteiger partial charge in [-0.15, -0.1) is 0 Å². The van der Waals surface area contributed by atoms with E-state index in [1.807, 2.05) is 20.8 Å². The van der Waals surface area contributed by atoms with E-state index in [9.17, 15) is 9.90 Å². The van der Waals surface area contributed by atoms with Crippen LogP contribution in [0, 0.1) is 46.3 Å². The molecule has 0 aliphatic heterocycles. The molecule has 4 rings (SSSR count). The standard InChI is InChI=1S/C28H48O3/c1-18(7-12-25(30)31-26(2,3)4)22-10-11-23-21-9-8-19-17-20(29)13-15-27(19,5)24(21)14-16-28(22,23)6/h18-24,29H,7-17H2,1-6H3/t18-,19?,20-,21+,22-,23+,24+,27+,28-/m1/s1. The first kappa shape index (κ1) is 23.6. The van der Waals surface area contributed by atoms with E-state index in [-0.39, 0.29) is 17.7 Å². The molecule has 31 heavy (non-hydrogen) atoms. The summed E-state index contributed by atoms with van der Waals surface area (Å²) in [7, 11) is 0. The maximum Gasteiger partial charge on any atom is 0.306 e. The minimum Gasteiger partial charge on any atom is -0.460 e. The maximum atomic E-state index is 12.3. The first-order valence-corrected chi connectivity index (χ1v) is 13.3. The van der Waals surface area contributed by atoms with Crippen LogP contribution in [0.2, 0.25) is 0 Å². The lowest BCUT2D eigenvalue weighted by molar-refractivity contribution is -0.155. The molecule has 4 aliphatic carbocycles. The molecule has 0 aromatic heterocycles. The fourth-order valence-electron chi connectivity index (χ4n) is 9.15. The topological polar surface area (TPSA) is 46.5 Å². The second-order valence-electron chi connectivity index (χ2n) is 13.4. The molecule has 9 atom stereocenters. The van der Waals surface area contributed by atoms with Crippen LogP contribution in [0.3, 0.4) is 0 Å². The third kappa shape index (κ3) is 4.34. The average Bonchev–Trinajstić information content (AvgIpc) is 3.02. The number of esters is 1. The van der Waals surface area contributed by atoms with Gasteiger partial charge in [0.05, 0.1) is 6.10 Å². The van der Waals surface area contributed by atoms with Gasteiger partial charge in [-0.3, -0.25) is 4.79 Å². The Balaban J connectivity index is 1.42. The van der Waals surface area contributed by atoms with Gasteiger partial charge in [0.1, 0.15) is 5.60 Å². The van der Waals surface area contributed by atoms with Gasteiger partial charge in [0.15, 0.2) is 0 Å². The summed E-state index contributed by atoms with van der Waals surface area (Å²) in [5.41, 5.74) is 0.531. The van der Waals surface area contributed by atoms with Crippen molar-refractivity contribution in [2.75, 3.05) is 0 Å². The summed E-state index contributed by atoms with van der Waals surface area (Å²) >= 11 is 0. The first-order chi connectivity index (χ1) is 14.4. The number of hydrogen-bond acceptors (Lipinski definition) is 3. The van der Waals surface area contributed by atoms with Gasteiger partial charge in [0, 0.05) is 6.42 Å². The Hall–Kier alpha value is -0.570. The van der Waals surface area contributed by atoms with Gasteiger partial charge in [-0.2, -0.15) is 0 Å². The number of aliphatic hydroxyl groups excluding tert-OH is 1. The normalized spacial score (nSPS) is 45.9. The molecule has 3 heteroatoms. The van der Waals surface area contributed by atoms with E-state index in [1.54, 1.807) is 0 Å². The molecule has 0 spiro atoms. The van der Waals surface area contributed by atoms with E-state index in [0.717, 1.165) is 48.9 Å². The first-order valence-electron chi connectivity index (χ1n) is 13.3. The number of carbonyl (C=O) groups is 1. The minimum absolute atomic E-state index is 0.0338. The third-order valence-electron chi connectivity index (χ3n) is 10.6. The molecule has 0 bridgehead atoms. The second-order valence-corrected chi connectivity index (χ2v) is 13.4. The van der Waals surface area contributed by atoms with Crippen molar-refractivity contribution in [2.45, 2.75) is 124 Å². The zero-order valence-electron chi connectivity index (χ0n) is 21.1. The van der Waals surface area contributed by atoms with Crippen molar-refractivity contribution >= 4 is 5.97 Å². The van der Waals surface area contributed by atoms with Crippen LogP contribution in [0.25, 0.3) is 0 Å². The molecule has 3 nitrogen and oxygen atoms in total. The number of hydrogen-bond donors (Lipinski definition) is 1. The van der Waals surface area contributed by atoms with Crippen LogP contribution in [0.5, 0.6) is 0 Å². The Bertz CT molecular complexity index is 666.